The minimum absolute atomic E-state index is 0.107. The number of hydrogen-bond acceptors (Lipinski definition) is 3. The van der Waals surface area contributed by atoms with Crippen LogP contribution in [0.1, 0.15) is 18.5 Å². The van der Waals surface area contributed by atoms with E-state index in [9.17, 15) is 0 Å². The lowest BCUT2D eigenvalue weighted by Gasteiger charge is -2.26. The van der Waals surface area contributed by atoms with Gasteiger partial charge in [0.2, 0.25) is 0 Å². The number of anilines is 1. The first-order valence-electron chi connectivity index (χ1n) is 5.28. The van der Waals surface area contributed by atoms with Crippen LogP contribution in [0.2, 0.25) is 0 Å². The molecule has 0 saturated heterocycles. The largest absolute Gasteiger partial charge is 0.304 e. The fourth-order valence-electron chi connectivity index (χ4n) is 1.61. The minimum Gasteiger partial charge on any atom is -0.304 e. The Morgan fingerprint density at radius 3 is 2.50 bits per heavy atom. The van der Waals surface area contributed by atoms with E-state index in [1.165, 1.54) is 0 Å². The van der Waals surface area contributed by atoms with Crippen molar-refractivity contribution in [2.24, 2.45) is 5.84 Å². The Morgan fingerprint density at radius 2 is 1.88 bits per heavy atom. The Morgan fingerprint density at radius 1 is 1.12 bits per heavy atom. The third-order valence-corrected chi connectivity index (χ3v) is 2.64. The number of aromatic nitrogens is 1. The van der Waals surface area contributed by atoms with Crippen molar-refractivity contribution >= 4 is 5.69 Å². The Kier molecular flexibility index (Phi) is 3.17. The van der Waals surface area contributed by atoms with Gasteiger partial charge in [-0.3, -0.25) is 4.98 Å². The molecule has 1 aromatic carbocycles. The first-order chi connectivity index (χ1) is 7.79. The molecule has 82 valence electrons. The summed E-state index contributed by atoms with van der Waals surface area (Å²) in [7, 11) is 0. The maximum absolute atomic E-state index is 6.08. The number of hydrazine groups is 1. The highest BCUT2D eigenvalue weighted by atomic mass is 15.4. The summed E-state index contributed by atoms with van der Waals surface area (Å²) in [4.78, 5) is 4.10. The lowest BCUT2D eigenvalue weighted by atomic mass is 10.1. The quantitative estimate of drug-likeness (QED) is 0.629. The van der Waals surface area contributed by atoms with Crippen LogP contribution in [-0.2, 0) is 0 Å². The molecule has 0 radical (unpaired) electrons. The summed E-state index contributed by atoms with van der Waals surface area (Å²) in [6.07, 6.45) is 3.60. The van der Waals surface area contributed by atoms with Gasteiger partial charge in [0.1, 0.15) is 0 Å². The molecule has 0 aliphatic heterocycles. The molecule has 2 N–H and O–H groups in total. The number of nitrogens with zero attached hydrogens (tertiary/aromatic N) is 2. The van der Waals surface area contributed by atoms with Gasteiger partial charge in [-0.15, -0.1) is 0 Å². The molecule has 0 aliphatic rings. The first-order valence-corrected chi connectivity index (χ1v) is 5.28. The van der Waals surface area contributed by atoms with Crippen LogP contribution in [-0.4, -0.2) is 4.98 Å². The number of hydrogen-bond donors (Lipinski definition) is 1. The van der Waals surface area contributed by atoms with E-state index in [1.807, 2.05) is 48.7 Å². The van der Waals surface area contributed by atoms with E-state index < -0.39 is 0 Å². The molecule has 0 fully saturated rings. The van der Waals surface area contributed by atoms with Gasteiger partial charge in [-0.05, 0) is 30.7 Å². The normalized spacial score (nSPS) is 12.1. The number of pyridine rings is 1. The summed E-state index contributed by atoms with van der Waals surface area (Å²) < 4.78 is 0. The predicted molar refractivity (Wildman–Crippen MR) is 65.8 cm³/mol. The molecule has 0 spiro atoms. The standard InChI is InChI=1S/C13H15N3/c1-11(12-6-5-9-15-10-12)16(14)13-7-3-2-4-8-13/h2-11H,14H2,1H3/t11-/m1/s1. The van der Waals surface area contributed by atoms with Crippen LogP contribution < -0.4 is 10.9 Å². The molecule has 2 aromatic rings. The number of rotatable bonds is 3. The van der Waals surface area contributed by atoms with Gasteiger partial charge in [0.25, 0.3) is 0 Å². The molecule has 16 heavy (non-hydrogen) atoms. The van der Waals surface area contributed by atoms with Crippen molar-refractivity contribution in [1.82, 2.24) is 4.98 Å². The zero-order valence-electron chi connectivity index (χ0n) is 9.25. The van der Waals surface area contributed by atoms with Gasteiger partial charge in [-0.2, -0.15) is 0 Å². The lowest BCUT2D eigenvalue weighted by molar-refractivity contribution is 0.694. The molecular formula is C13H15N3. The summed E-state index contributed by atoms with van der Waals surface area (Å²) in [6.45, 7) is 2.06. The highest BCUT2D eigenvalue weighted by Crippen LogP contribution is 2.22. The molecule has 0 bridgehead atoms. The molecule has 1 aromatic heterocycles. The van der Waals surface area contributed by atoms with Crippen LogP contribution in [0.25, 0.3) is 0 Å². The third kappa shape index (κ3) is 2.20. The summed E-state index contributed by atoms with van der Waals surface area (Å²) in [5.74, 6) is 6.08. The highest BCUT2D eigenvalue weighted by molar-refractivity contribution is 5.46. The Balaban J connectivity index is 2.20. The van der Waals surface area contributed by atoms with Crippen molar-refractivity contribution in [1.29, 1.82) is 0 Å². The number of benzene rings is 1. The van der Waals surface area contributed by atoms with Gasteiger partial charge in [0.05, 0.1) is 11.7 Å². The van der Waals surface area contributed by atoms with Crippen LogP contribution in [0, 0.1) is 0 Å². The van der Waals surface area contributed by atoms with Gasteiger partial charge < -0.3 is 5.01 Å². The zero-order valence-corrected chi connectivity index (χ0v) is 9.25. The van der Waals surface area contributed by atoms with Crippen molar-refractivity contribution in [2.75, 3.05) is 5.01 Å². The van der Waals surface area contributed by atoms with E-state index in [1.54, 1.807) is 11.2 Å². The van der Waals surface area contributed by atoms with E-state index >= 15 is 0 Å². The summed E-state index contributed by atoms with van der Waals surface area (Å²) in [5.41, 5.74) is 2.10. The van der Waals surface area contributed by atoms with Gasteiger partial charge in [0, 0.05) is 12.4 Å². The van der Waals surface area contributed by atoms with Crippen molar-refractivity contribution in [3.05, 3.63) is 60.4 Å². The van der Waals surface area contributed by atoms with Gasteiger partial charge in [0.15, 0.2) is 0 Å². The molecule has 1 atom stereocenters. The van der Waals surface area contributed by atoms with E-state index in [4.69, 9.17) is 5.84 Å². The summed E-state index contributed by atoms with van der Waals surface area (Å²) in [5, 5.41) is 1.75. The fourth-order valence-corrected chi connectivity index (χ4v) is 1.61. The molecule has 0 unspecified atom stereocenters. The second-order valence-electron chi connectivity index (χ2n) is 3.71. The lowest BCUT2D eigenvalue weighted by Crippen LogP contribution is -2.33. The molecule has 0 aliphatic carbocycles. The predicted octanol–water partition coefficient (Wildman–Crippen LogP) is 2.52. The van der Waals surface area contributed by atoms with E-state index in [-0.39, 0.29) is 6.04 Å². The second-order valence-corrected chi connectivity index (χ2v) is 3.71. The van der Waals surface area contributed by atoms with Gasteiger partial charge in [-0.25, -0.2) is 5.84 Å². The number of para-hydroxylation sites is 1. The van der Waals surface area contributed by atoms with E-state index in [0.29, 0.717) is 0 Å². The van der Waals surface area contributed by atoms with E-state index in [2.05, 4.69) is 11.9 Å². The van der Waals surface area contributed by atoms with Crippen LogP contribution in [0.15, 0.2) is 54.9 Å². The average molecular weight is 213 g/mol. The topological polar surface area (TPSA) is 42.2 Å². The third-order valence-electron chi connectivity index (χ3n) is 2.64. The molecule has 0 amide bonds. The van der Waals surface area contributed by atoms with Crippen molar-refractivity contribution in [3.8, 4) is 0 Å². The molecule has 2 rings (SSSR count). The zero-order chi connectivity index (χ0) is 11.4. The second kappa shape index (κ2) is 4.77. The van der Waals surface area contributed by atoms with Crippen molar-refractivity contribution < 1.29 is 0 Å². The minimum atomic E-state index is 0.107. The molecular weight excluding hydrogens is 198 g/mol. The van der Waals surface area contributed by atoms with Crippen molar-refractivity contribution in [2.45, 2.75) is 13.0 Å². The maximum atomic E-state index is 6.08. The monoisotopic (exact) mass is 213 g/mol. The number of nitrogens with two attached hydrogens (primary N) is 1. The van der Waals surface area contributed by atoms with Gasteiger partial charge in [-0.1, -0.05) is 24.3 Å². The van der Waals surface area contributed by atoms with Crippen LogP contribution in [0.3, 0.4) is 0 Å². The Labute approximate surface area is 95.5 Å². The Hall–Kier alpha value is -1.87. The molecule has 0 saturated carbocycles. The fraction of sp³-hybridized carbons (Fsp3) is 0.154. The van der Waals surface area contributed by atoms with Crippen LogP contribution in [0.4, 0.5) is 5.69 Å². The first kappa shape index (κ1) is 10.6. The molecule has 3 nitrogen and oxygen atoms in total. The maximum Gasteiger partial charge on any atom is 0.0688 e. The summed E-state index contributed by atoms with van der Waals surface area (Å²) >= 11 is 0. The smallest absolute Gasteiger partial charge is 0.0688 e. The van der Waals surface area contributed by atoms with E-state index in [0.717, 1.165) is 11.3 Å². The molecule has 3 heteroatoms. The van der Waals surface area contributed by atoms with Crippen LogP contribution in [0.5, 0.6) is 0 Å². The average Bonchev–Trinajstić information content (AvgIpc) is 2.39. The van der Waals surface area contributed by atoms with Gasteiger partial charge >= 0.3 is 0 Å². The van der Waals surface area contributed by atoms with Crippen LogP contribution >= 0.6 is 0 Å². The highest BCUT2D eigenvalue weighted by Gasteiger charge is 2.12. The Bertz CT molecular complexity index is 384. The SMILES string of the molecule is C[C@H](c1cccnc1)N(N)c1ccccc1. The molecule has 1 heterocycles. The summed E-state index contributed by atoms with van der Waals surface area (Å²) in [6, 6.07) is 14.0. The van der Waals surface area contributed by atoms with Crippen molar-refractivity contribution in [3.63, 3.8) is 0 Å².